The van der Waals surface area contributed by atoms with Gasteiger partial charge in [0.25, 0.3) is 5.91 Å². The van der Waals surface area contributed by atoms with Crippen LogP contribution in [0, 0.1) is 0 Å². The molecule has 0 fully saturated rings. The van der Waals surface area contributed by atoms with Gasteiger partial charge in [0, 0.05) is 43.4 Å². The van der Waals surface area contributed by atoms with Crippen molar-refractivity contribution in [2.45, 2.75) is 6.54 Å². The molecule has 0 atom stereocenters. The number of amides is 1. The topological polar surface area (TPSA) is 91.8 Å². The van der Waals surface area contributed by atoms with Crippen LogP contribution in [0.4, 0.5) is 17.3 Å². The Labute approximate surface area is 155 Å². The van der Waals surface area contributed by atoms with Crippen LogP contribution in [0.3, 0.4) is 0 Å². The van der Waals surface area contributed by atoms with Gasteiger partial charge in [0.15, 0.2) is 0 Å². The van der Waals surface area contributed by atoms with Crippen molar-refractivity contribution in [3.05, 3.63) is 71.3 Å². The van der Waals surface area contributed by atoms with Crippen LogP contribution in [0.2, 0.25) is 5.15 Å². The molecule has 0 aliphatic heterocycles. The first kappa shape index (κ1) is 17.6. The Balaban J connectivity index is 1.76. The zero-order chi connectivity index (χ0) is 18.4. The van der Waals surface area contributed by atoms with Crippen LogP contribution >= 0.6 is 11.6 Å². The molecule has 0 unspecified atom stereocenters. The second-order valence-electron chi connectivity index (χ2n) is 5.34. The number of anilines is 3. The summed E-state index contributed by atoms with van der Waals surface area (Å²) in [5, 5.41) is 9.33. The average molecular weight is 369 g/mol. The zero-order valence-corrected chi connectivity index (χ0v) is 14.8. The van der Waals surface area contributed by atoms with E-state index in [0.717, 1.165) is 11.4 Å². The molecule has 0 aromatic carbocycles. The normalized spacial score (nSPS) is 10.2. The van der Waals surface area contributed by atoms with Crippen LogP contribution in [0.1, 0.15) is 15.9 Å². The van der Waals surface area contributed by atoms with E-state index in [2.05, 4.69) is 30.9 Å². The van der Waals surface area contributed by atoms with E-state index >= 15 is 0 Å². The third kappa shape index (κ3) is 4.25. The first-order chi connectivity index (χ1) is 12.7. The molecule has 0 radical (unpaired) electrons. The summed E-state index contributed by atoms with van der Waals surface area (Å²) in [6.45, 7) is 0.475. The summed E-state index contributed by atoms with van der Waals surface area (Å²) in [5.41, 5.74) is 1.96. The molecule has 3 aromatic heterocycles. The fourth-order valence-corrected chi connectivity index (χ4v) is 2.57. The molecule has 0 aliphatic carbocycles. The molecule has 0 bridgehead atoms. The third-order valence-electron chi connectivity index (χ3n) is 3.61. The van der Waals surface area contributed by atoms with Crippen molar-refractivity contribution in [2.75, 3.05) is 23.0 Å². The number of halogens is 1. The predicted molar refractivity (Wildman–Crippen MR) is 103 cm³/mol. The number of rotatable bonds is 6. The van der Waals surface area contributed by atoms with Gasteiger partial charge in [-0.15, -0.1) is 0 Å². The van der Waals surface area contributed by atoms with Gasteiger partial charge in [-0.2, -0.15) is 0 Å². The second kappa shape index (κ2) is 8.26. The van der Waals surface area contributed by atoms with E-state index in [1.54, 1.807) is 36.7 Å². The number of hydrogen-bond acceptors (Lipinski definition) is 6. The van der Waals surface area contributed by atoms with E-state index in [-0.39, 0.29) is 5.91 Å². The van der Waals surface area contributed by atoms with E-state index < -0.39 is 0 Å². The molecule has 0 spiro atoms. The second-order valence-corrected chi connectivity index (χ2v) is 5.72. The molecule has 0 saturated carbocycles. The van der Waals surface area contributed by atoms with Gasteiger partial charge in [-0.25, -0.2) is 15.0 Å². The Morgan fingerprint density at radius 2 is 1.81 bits per heavy atom. The lowest BCUT2D eigenvalue weighted by Crippen LogP contribution is -2.16. The number of pyridine rings is 3. The summed E-state index contributed by atoms with van der Waals surface area (Å²) in [5.74, 6) is 0.965. The zero-order valence-electron chi connectivity index (χ0n) is 14.0. The third-order valence-corrected chi connectivity index (χ3v) is 3.82. The molecule has 7 nitrogen and oxygen atoms in total. The van der Waals surface area contributed by atoms with Crippen LogP contribution in [-0.2, 0) is 6.54 Å². The van der Waals surface area contributed by atoms with Crippen molar-refractivity contribution in [2.24, 2.45) is 0 Å². The minimum atomic E-state index is -0.289. The molecule has 0 saturated heterocycles. The number of nitrogens with zero attached hydrogens (tertiary/aromatic N) is 3. The summed E-state index contributed by atoms with van der Waals surface area (Å²) in [7, 11) is 1.81. The van der Waals surface area contributed by atoms with Gasteiger partial charge < -0.3 is 16.0 Å². The smallest absolute Gasteiger partial charge is 0.259 e. The van der Waals surface area contributed by atoms with Crippen molar-refractivity contribution in [1.29, 1.82) is 0 Å². The molecule has 1 amide bonds. The monoisotopic (exact) mass is 368 g/mol. The van der Waals surface area contributed by atoms with Crippen molar-refractivity contribution in [3.8, 4) is 0 Å². The lowest BCUT2D eigenvalue weighted by Gasteiger charge is -2.13. The molecular weight excluding hydrogens is 352 g/mol. The maximum Gasteiger partial charge on any atom is 0.259 e. The molecule has 3 aromatic rings. The van der Waals surface area contributed by atoms with Crippen LogP contribution in [-0.4, -0.2) is 27.9 Å². The van der Waals surface area contributed by atoms with Crippen LogP contribution in [0.5, 0.6) is 0 Å². The fraction of sp³-hybridized carbons (Fsp3) is 0.111. The van der Waals surface area contributed by atoms with Crippen LogP contribution in [0.15, 0.2) is 55.0 Å². The van der Waals surface area contributed by atoms with Crippen LogP contribution in [0.25, 0.3) is 0 Å². The summed E-state index contributed by atoms with van der Waals surface area (Å²) < 4.78 is 0. The Morgan fingerprint density at radius 3 is 2.58 bits per heavy atom. The first-order valence-electron chi connectivity index (χ1n) is 7.91. The lowest BCUT2D eigenvalue weighted by atomic mass is 10.2. The average Bonchev–Trinajstić information content (AvgIpc) is 2.67. The first-order valence-corrected chi connectivity index (χ1v) is 8.28. The Kier molecular flexibility index (Phi) is 5.60. The number of aromatic nitrogens is 3. The maximum absolute atomic E-state index is 12.6. The van der Waals surface area contributed by atoms with Gasteiger partial charge in [0.1, 0.15) is 16.8 Å². The minimum absolute atomic E-state index is 0.289. The number of carbonyl (C=O) groups is 1. The van der Waals surface area contributed by atoms with Gasteiger partial charge in [0.2, 0.25) is 0 Å². The predicted octanol–water partition coefficient (Wildman–Crippen LogP) is 3.43. The van der Waals surface area contributed by atoms with Crippen molar-refractivity contribution in [3.63, 3.8) is 0 Å². The number of carbonyl (C=O) groups excluding carboxylic acids is 1. The van der Waals surface area contributed by atoms with Gasteiger partial charge in [-0.05, 0) is 30.3 Å². The van der Waals surface area contributed by atoms with Crippen molar-refractivity contribution in [1.82, 2.24) is 15.0 Å². The van der Waals surface area contributed by atoms with E-state index in [4.69, 9.17) is 11.6 Å². The SMILES string of the molecule is CNc1ncccc1CNc1ncccc1C(=O)Nc1ccnc(Cl)c1. The van der Waals surface area contributed by atoms with E-state index in [1.165, 1.54) is 6.20 Å². The quantitative estimate of drug-likeness (QED) is 0.577. The van der Waals surface area contributed by atoms with E-state index in [9.17, 15) is 4.79 Å². The van der Waals surface area contributed by atoms with Crippen molar-refractivity contribution >= 4 is 34.8 Å². The Bertz CT molecular complexity index is 917. The highest BCUT2D eigenvalue weighted by atomic mass is 35.5. The Hall–Kier alpha value is -3.19. The Morgan fingerprint density at radius 1 is 1.04 bits per heavy atom. The molecule has 3 rings (SSSR count). The number of nitrogens with one attached hydrogen (secondary N) is 3. The number of hydrogen-bond donors (Lipinski definition) is 3. The fourth-order valence-electron chi connectivity index (χ4n) is 2.39. The highest BCUT2D eigenvalue weighted by Crippen LogP contribution is 2.18. The summed E-state index contributed by atoms with van der Waals surface area (Å²) in [6, 6.07) is 10.5. The van der Waals surface area contributed by atoms with Gasteiger partial charge in [-0.3, -0.25) is 4.79 Å². The minimum Gasteiger partial charge on any atom is -0.373 e. The van der Waals surface area contributed by atoms with Gasteiger partial charge in [-0.1, -0.05) is 17.7 Å². The maximum atomic E-state index is 12.6. The summed E-state index contributed by atoms with van der Waals surface area (Å²) in [6.07, 6.45) is 4.88. The molecule has 132 valence electrons. The highest BCUT2D eigenvalue weighted by Gasteiger charge is 2.13. The largest absolute Gasteiger partial charge is 0.373 e. The highest BCUT2D eigenvalue weighted by molar-refractivity contribution is 6.29. The van der Waals surface area contributed by atoms with E-state index in [0.29, 0.717) is 28.8 Å². The molecular formula is C18H17ClN6O. The molecule has 26 heavy (non-hydrogen) atoms. The molecule has 3 heterocycles. The van der Waals surface area contributed by atoms with Crippen LogP contribution < -0.4 is 16.0 Å². The van der Waals surface area contributed by atoms with Gasteiger partial charge >= 0.3 is 0 Å². The summed E-state index contributed by atoms with van der Waals surface area (Å²) >= 11 is 5.85. The van der Waals surface area contributed by atoms with E-state index in [1.807, 2.05) is 19.2 Å². The molecule has 8 heteroatoms. The van der Waals surface area contributed by atoms with Gasteiger partial charge in [0.05, 0.1) is 5.56 Å². The molecule has 3 N–H and O–H groups in total. The standard InChI is InChI=1S/C18H17ClN6O/c1-20-16-12(4-2-7-22-16)11-24-17-14(5-3-8-23-17)18(26)25-13-6-9-21-15(19)10-13/h2-10H,11H2,1H3,(H,20,22)(H,23,24)(H,21,25,26). The van der Waals surface area contributed by atoms with Crippen molar-refractivity contribution < 1.29 is 4.79 Å². The lowest BCUT2D eigenvalue weighted by molar-refractivity contribution is 0.102. The summed E-state index contributed by atoms with van der Waals surface area (Å²) in [4.78, 5) is 25.0. The molecule has 0 aliphatic rings.